The minimum absolute atomic E-state index is 0.121. The lowest BCUT2D eigenvalue weighted by Crippen LogP contribution is -2.05. The van der Waals surface area contributed by atoms with E-state index in [0.717, 1.165) is 0 Å². The van der Waals surface area contributed by atoms with Gasteiger partial charge in [0.05, 0.1) is 0 Å². The van der Waals surface area contributed by atoms with Crippen LogP contribution in [0.3, 0.4) is 0 Å². The Kier molecular flexibility index (Phi) is 4.14. The van der Waals surface area contributed by atoms with Crippen LogP contribution in [0, 0.1) is 24.4 Å². The number of nitrogens with one attached hydrogen (secondary N) is 1. The third kappa shape index (κ3) is 3.10. The molecule has 2 aromatic carbocycles. The molecule has 0 heterocycles. The van der Waals surface area contributed by atoms with Crippen molar-refractivity contribution in [3.05, 3.63) is 63.4 Å². The van der Waals surface area contributed by atoms with Gasteiger partial charge in [0.1, 0.15) is 17.3 Å². The molecule has 0 fully saturated rings. The van der Waals surface area contributed by atoms with E-state index in [1.54, 1.807) is 13.0 Å². The zero-order valence-electron chi connectivity index (χ0n) is 10.1. The third-order valence-corrected chi connectivity index (χ3v) is 3.52. The van der Waals surface area contributed by atoms with Crippen LogP contribution >= 0.6 is 15.9 Å². The number of aryl methyl sites for hydroxylation is 1. The van der Waals surface area contributed by atoms with Gasteiger partial charge in [0.2, 0.25) is 0 Å². The van der Waals surface area contributed by atoms with Gasteiger partial charge in [-0.25, -0.2) is 13.2 Å². The molecule has 0 saturated carbocycles. The van der Waals surface area contributed by atoms with E-state index in [2.05, 4.69) is 21.2 Å². The summed E-state index contributed by atoms with van der Waals surface area (Å²) in [4.78, 5) is 0. The summed E-state index contributed by atoms with van der Waals surface area (Å²) in [6.45, 7) is 1.67. The van der Waals surface area contributed by atoms with Crippen molar-refractivity contribution >= 4 is 21.6 Å². The maximum absolute atomic E-state index is 13.8. The Bertz CT molecular complexity index is 614. The van der Waals surface area contributed by atoms with Crippen molar-refractivity contribution in [1.29, 1.82) is 0 Å². The van der Waals surface area contributed by atoms with Crippen LogP contribution in [-0.4, -0.2) is 0 Å². The minimum Gasteiger partial charge on any atom is -0.376 e. The van der Waals surface area contributed by atoms with Gasteiger partial charge in [0.25, 0.3) is 0 Å². The second kappa shape index (κ2) is 5.65. The molecule has 0 aliphatic carbocycles. The Balaban J connectivity index is 2.24. The van der Waals surface area contributed by atoms with Gasteiger partial charge in [0, 0.05) is 11.0 Å². The van der Waals surface area contributed by atoms with E-state index >= 15 is 0 Å². The van der Waals surface area contributed by atoms with E-state index in [1.165, 1.54) is 24.3 Å². The molecule has 5 heteroatoms. The first-order valence-corrected chi connectivity index (χ1v) is 6.40. The fourth-order valence-electron chi connectivity index (χ4n) is 1.68. The van der Waals surface area contributed by atoms with E-state index in [9.17, 15) is 13.2 Å². The normalized spacial score (nSPS) is 10.6. The second-order valence-corrected chi connectivity index (χ2v) is 5.00. The lowest BCUT2D eigenvalue weighted by atomic mass is 10.1. The summed E-state index contributed by atoms with van der Waals surface area (Å²) < 4.78 is 41.1. The maximum atomic E-state index is 13.8. The Morgan fingerprint density at radius 1 is 1.11 bits per heavy atom. The van der Waals surface area contributed by atoms with E-state index < -0.39 is 17.5 Å². The van der Waals surface area contributed by atoms with E-state index in [1.807, 2.05) is 0 Å². The smallest absolute Gasteiger partial charge is 0.152 e. The Morgan fingerprint density at radius 2 is 1.84 bits per heavy atom. The molecule has 0 aliphatic heterocycles. The van der Waals surface area contributed by atoms with Gasteiger partial charge in [-0.15, -0.1) is 0 Å². The largest absolute Gasteiger partial charge is 0.376 e. The molecule has 0 bridgehead atoms. The summed E-state index contributed by atoms with van der Waals surface area (Å²) in [5.74, 6) is -1.70. The number of halogens is 4. The highest BCUT2D eigenvalue weighted by Gasteiger charge is 2.11. The molecule has 0 atom stereocenters. The molecular formula is C14H11BrF3N. The lowest BCUT2D eigenvalue weighted by molar-refractivity contribution is 0.582. The van der Waals surface area contributed by atoms with E-state index in [0.29, 0.717) is 15.6 Å². The Hall–Kier alpha value is -1.49. The summed E-state index contributed by atoms with van der Waals surface area (Å²) >= 11 is 3.26. The zero-order chi connectivity index (χ0) is 14.0. The molecule has 2 rings (SSSR count). The molecule has 2 aromatic rings. The van der Waals surface area contributed by atoms with Crippen LogP contribution in [0.25, 0.3) is 0 Å². The van der Waals surface area contributed by atoms with E-state index in [-0.39, 0.29) is 12.2 Å². The molecule has 1 nitrogen and oxygen atoms in total. The first-order chi connectivity index (χ1) is 8.99. The van der Waals surface area contributed by atoms with Crippen molar-refractivity contribution < 1.29 is 13.2 Å². The SMILES string of the molecule is Cc1ccc(F)c(NCc2cc(F)ccc2Br)c1F. The number of benzene rings is 2. The van der Waals surface area contributed by atoms with Gasteiger partial charge in [0.15, 0.2) is 5.82 Å². The monoisotopic (exact) mass is 329 g/mol. The van der Waals surface area contributed by atoms with Crippen LogP contribution < -0.4 is 5.32 Å². The molecular weight excluding hydrogens is 319 g/mol. The first-order valence-electron chi connectivity index (χ1n) is 5.61. The highest BCUT2D eigenvalue weighted by Crippen LogP contribution is 2.24. The highest BCUT2D eigenvalue weighted by molar-refractivity contribution is 9.10. The molecule has 0 aromatic heterocycles. The van der Waals surface area contributed by atoms with Crippen LogP contribution in [0.1, 0.15) is 11.1 Å². The van der Waals surface area contributed by atoms with Gasteiger partial charge in [-0.2, -0.15) is 0 Å². The molecule has 0 radical (unpaired) electrons. The maximum Gasteiger partial charge on any atom is 0.152 e. The van der Waals surface area contributed by atoms with Gasteiger partial charge in [-0.05, 0) is 42.3 Å². The topological polar surface area (TPSA) is 12.0 Å². The molecule has 0 spiro atoms. The summed E-state index contributed by atoms with van der Waals surface area (Å²) in [5.41, 5.74) is 0.735. The first kappa shape index (κ1) is 13.9. The van der Waals surface area contributed by atoms with Crippen LogP contribution in [0.15, 0.2) is 34.8 Å². The summed E-state index contributed by atoms with van der Waals surface area (Å²) in [5, 5.41) is 2.66. The highest BCUT2D eigenvalue weighted by atomic mass is 79.9. The minimum atomic E-state index is -0.671. The van der Waals surface area contributed by atoms with Crippen molar-refractivity contribution in [2.75, 3.05) is 5.32 Å². The second-order valence-electron chi connectivity index (χ2n) is 4.14. The van der Waals surface area contributed by atoms with Gasteiger partial charge >= 0.3 is 0 Å². The van der Waals surface area contributed by atoms with Crippen molar-refractivity contribution in [3.63, 3.8) is 0 Å². The van der Waals surface area contributed by atoms with Crippen LogP contribution in [0.5, 0.6) is 0 Å². The fourth-order valence-corrected chi connectivity index (χ4v) is 2.07. The molecule has 0 unspecified atom stereocenters. The van der Waals surface area contributed by atoms with Crippen molar-refractivity contribution in [3.8, 4) is 0 Å². The number of hydrogen-bond acceptors (Lipinski definition) is 1. The van der Waals surface area contributed by atoms with Crippen LogP contribution in [0.4, 0.5) is 18.9 Å². The molecule has 1 N–H and O–H groups in total. The number of anilines is 1. The van der Waals surface area contributed by atoms with Crippen LogP contribution in [0.2, 0.25) is 0 Å². The number of rotatable bonds is 3. The number of hydrogen-bond donors (Lipinski definition) is 1. The van der Waals surface area contributed by atoms with Gasteiger partial charge in [-0.1, -0.05) is 22.0 Å². The quantitative estimate of drug-likeness (QED) is 0.853. The Labute approximate surface area is 117 Å². The molecule has 0 saturated heterocycles. The summed E-state index contributed by atoms with van der Waals surface area (Å²) in [6, 6.07) is 6.73. The standard InChI is InChI=1S/C14H11BrF3N/c1-8-2-5-12(17)14(13(8)18)19-7-9-6-10(16)3-4-11(9)15/h2-6,19H,7H2,1H3. The molecule has 0 aliphatic rings. The summed E-state index contributed by atoms with van der Waals surface area (Å²) in [6.07, 6.45) is 0. The van der Waals surface area contributed by atoms with Crippen LogP contribution in [-0.2, 0) is 6.54 Å². The third-order valence-electron chi connectivity index (χ3n) is 2.75. The molecule has 19 heavy (non-hydrogen) atoms. The average Bonchev–Trinajstić information content (AvgIpc) is 2.38. The predicted molar refractivity (Wildman–Crippen MR) is 72.5 cm³/mol. The molecule has 0 amide bonds. The molecule has 100 valence electrons. The van der Waals surface area contributed by atoms with Gasteiger partial charge in [-0.3, -0.25) is 0 Å². The van der Waals surface area contributed by atoms with Crippen molar-refractivity contribution in [2.45, 2.75) is 13.5 Å². The lowest BCUT2D eigenvalue weighted by Gasteiger charge is -2.11. The van der Waals surface area contributed by atoms with E-state index in [4.69, 9.17) is 0 Å². The van der Waals surface area contributed by atoms with Gasteiger partial charge < -0.3 is 5.32 Å². The zero-order valence-corrected chi connectivity index (χ0v) is 11.7. The van der Waals surface area contributed by atoms with Crippen molar-refractivity contribution in [2.24, 2.45) is 0 Å². The predicted octanol–water partition coefficient (Wildman–Crippen LogP) is 4.79. The van der Waals surface area contributed by atoms with Crippen molar-refractivity contribution in [1.82, 2.24) is 0 Å². The summed E-state index contributed by atoms with van der Waals surface area (Å²) in [7, 11) is 0. The average molecular weight is 330 g/mol. The Morgan fingerprint density at radius 3 is 2.58 bits per heavy atom. The fraction of sp³-hybridized carbons (Fsp3) is 0.143.